The first-order valence-corrected chi connectivity index (χ1v) is 8.37. The maximum atomic E-state index is 13.1. The van der Waals surface area contributed by atoms with E-state index in [9.17, 15) is 22.8 Å². The van der Waals surface area contributed by atoms with Gasteiger partial charge < -0.3 is 14.5 Å². The van der Waals surface area contributed by atoms with Gasteiger partial charge in [-0.25, -0.2) is 4.79 Å². The van der Waals surface area contributed by atoms with Gasteiger partial charge in [-0.1, -0.05) is 35.9 Å². The summed E-state index contributed by atoms with van der Waals surface area (Å²) in [6.07, 6.45) is -4.71. The van der Waals surface area contributed by atoms with E-state index in [0.29, 0.717) is 16.5 Å². The average molecular weight is 412 g/mol. The van der Waals surface area contributed by atoms with Gasteiger partial charge in [-0.2, -0.15) is 13.2 Å². The molecule has 3 rings (SSSR count). The fraction of sp³-hybridized carbons (Fsp3) is 0.158. The summed E-state index contributed by atoms with van der Waals surface area (Å²) < 4.78 is 49.4. The van der Waals surface area contributed by atoms with Crippen molar-refractivity contribution in [3.05, 3.63) is 64.4 Å². The van der Waals surface area contributed by atoms with Crippen LogP contribution in [0.1, 0.15) is 21.7 Å². The number of carbonyl (C=O) groups excluding carboxylic acids is 2. The predicted molar refractivity (Wildman–Crippen MR) is 96.3 cm³/mol. The zero-order valence-electron chi connectivity index (χ0n) is 14.4. The average Bonchev–Trinajstić information content (AvgIpc) is 2.98. The molecule has 5 nitrogen and oxygen atoms in total. The van der Waals surface area contributed by atoms with Crippen molar-refractivity contribution in [3.63, 3.8) is 0 Å². The third kappa shape index (κ3) is 3.96. The molecule has 0 unspecified atom stereocenters. The van der Waals surface area contributed by atoms with Crippen LogP contribution in [0, 0.1) is 6.92 Å². The lowest BCUT2D eigenvalue weighted by Crippen LogP contribution is -2.23. The second-order valence-corrected chi connectivity index (χ2v) is 6.24. The van der Waals surface area contributed by atoms with E-state index in [4.69, 9.17) is 20.8 Å². The Morgan fingerprint density at radius 3 is 2.54 bits per heavy atom. The summed E-state index contributed by atoms with van der Waals surface area (Å²) in [4.78, 5) is 24.2. The number of benzene rings is 2. The molecule has 1 heterocycles. The minimum Gasteiger partial charge on any atom is -0.450 e. The number of rotatable bonds is 4. The lowest BCUT2D eigenvalue weighted by atomic mass is 10.1. The van der Waals surface area contributed by atoms with Gasteiger partial charge in [-0.15, -0.1) is 0 Å². The smallest absolute Gasteiger partial charge is 0.418 e. The number of esters is 1. The van der Waals surface area contributed by atoms with Crippen molar-refractivity contribution in [1.29, 1.82) is 0 Å². The van der Waals surface area contributed by atoms with Gasteiger partial charge in [-0.05, 0) is 25.1 Å². The normalized spacial score (nSPS) is 11.5. The van der Waals surface area contributed by atoms with Crippen LogP contribution in [0.3, 0.4) is 0 Å². The Morgan fingerprint density at radius 2 is 1.86 bits per heavy atom. The van der Waals surface area contributed by atoms with Gasteiger partial charge in [0.15, 0.2) is 6.61 Å². The van der Waals surface area contributed by atoms with E-state index in [2.05, 4.69) is 0 Å². The van der Waals surface area contributed by atoms with Crippen LogP contribution in [-0.2, 0) is 15.7 Å². The summed E-state index contributed by atoms with van der Waals surface area (Å²) in [6, 6.07) is 10.0. The number of furan rings is 1. The summed E-state index contributed by atoms with van der Waals surface area (Å²) in [7, 11) is 0. The number of para-hydroxylation sites is 2. The molecule has 1 N–H and O–H groups in total. The quantitative estimate of drug-likeness (QED) is 0.598. The highest BCUT2D eigenvalue weighted by molar-refractivity contribution is 6.34. The molecule has 28 heavy (non-hydrogen) atoms. The molecule has 0 aliphatic carbocycles. The molecule has 0 aliphatic rings. The van der Waals surface area contributed by atoms with E-state index in [1.54, 1.807) is 31.2 Å². The van der Waals surface area contributed by atoms with Crippen molar-refractivity contribution in [2.24, 2.45) is 0 Å². The number of halogens is 4. The summed E-state index contributed by atoms with van der Waals surface area (Å²) in [6.45, 7) is 0.847. The number of hydrogen-bond donors (Lipinski definition) is 1. The molecule has 1 aromatic heterocycles. The highest BCUT2D eigenvalue weighted by Gasteiger charge is 2.35. The zero-order valence-corrected chi connectivity index (χ0v) is 15.1. The van der Waals surface area contributed by atoms with Crippen molar-refractivity contribution in [2.45, 2.75) is 13.1 Å². The highest BCUT2D eigenvalue weighted by Crippen LogP contribution is 2.38. The van der Waals surface area contributed by atoms with Crippen molar-refractivity contribution < 1.29 is 31.9 Å². The topological polar surface area (TPSA) is 68.5 Å². The predicted octanol–water partition coefficient (Wildman–Crippen LogP) is 5.21. The molecule has 0 bridgehead atoms. The Kier molecular flexibility index (Phi) is 5.33. The number of anilines is 1. The maximum Gasteiger partial charge on any atom is 0.418 e. The van der Waals surface area contributed by atoms with Crippen molar-refractivity contribution in [3.8, 4) is 0 Å². The molecule has 9 heteroatoms. The molecule has 0 fully saturated rings. The van der Waals surface area contributed by atoms with Crippen LogP contribution in [0.2, 0.25) is 5.02 Å². The number of amides is 1. The number of carbonyl (C=O) groups is 2. The number of alkyl halides is 3. The summed E-state index contributed by atoms with van der Waals surface area (Å²) in [5.74, 6) is -1.96. The van der Waals surface area contributed by atoms with E-state index < -0.39 is 35.9 Å². The fourth-order valence-corrected chi connectivity index (χ4v) is 2.85. The number of nitrogens with one attached hydrogen (secondary N) is 1. The number of ether oxygens (including phenoxy) is 1. The van der Waals surface area contributed by atoms with E-state index in [0.717, 1.165) is 12.1 Å². The van der Waals surface area contributed by atoms with Crippen LogP contribution in [0.5, 0.6) is 0 Å². The van der Waals surface area contributed by atoms with Gasteiger partial charge in [0.25, 0.3) is 5.91 Å². The molecule has 3 aromatic rings. The van der Waals surface area contributed by atoms with Gasteiger partial charge in [0.2, 0.25) is 5.76 Å². The van der Waals surface area contributed by atoms with Crippen LogP contribution in [0.25, 0.3) is 11.0 Å². The SMILES string of the molecule is Cc1c(C(=O)OCC(=O)Nc2c(Cl)cccc2C(F)(F)F)oc2ccccc12. The molecular formula is C19H13ClF3NO4. The first-order valence-electron chi connectivity index (χ1n) is 7.99. The van der Waals surface area contributed by atoms with Gasteiger partial charge in [0, 0.05) is 10.9 Å². The Hall–Kier alpha value is -3.00. The van der Waals surface area contributed by atoms with E-state index in [-0.39, 0.29) is 10.8 Å². The Morgan fingerprint density at radius 1 is 1.14 bits per heavy atom. The van der Waals surface area contributed by atoms with Gasteiger partial charge >= 0.3 is 12.1 Å². The Balaban J connectivity index is 1.71. The fourth-order valence-electron chi connectivity index (χ4n) is 2.63. The summed E-state index contributed by atoms with van der Waals surface area (Å²) in [5, 5.41) is 2.46. The second-order valence-electron chi connectivity index (χ2n) is 5.84. The first kappa shape index (κ1) is 19.8. The lowest BCUT2D eigenvalue weighted by molar-refractivity contribution is -0.137. The molecule has 0 saturated carbocycles. The van der Waals surface area contributed by atoms with Crippen molar-refractivity contribution >= 4 is 40.1 Å². The molecule has 2 aromatic carbocycles. The number of fused-ring (bicyclic) bond motifs is 1. The monoisotopic (exact) mass is 411 g/mol. The van der Waals surface area contributed by atoms with Gasteiger partial charge in [-0.3, -0.25) is 4.79 Å². The van der Waals surface area contributed by atoms with E-state index in [1.807, 2.05) is 5.32 Å². The third-order valence-corrected chi connectivity index (χ3v) is 4.26. The zero-order chi connectivity index (χ0) is 20.5. The summed E-state index contributed by atoms with van der Waals surface area (Å²) >= 11 is 5.77. The molecule has 0 spiro atoms. The minimum absolute atomic E-state index is 0.0808. The van der Waals surface area contributed by atoms with Crippen LogP contribution in [0.4, 0.5) is 18.9 Å². The molecule has 0 radical (unpaired) electrons. The largest absolute Gasteiger partial charge is 0.450 e. The molecule has 146 valence electrons. The number of hydrogen-bond acceptors (Lipinski definition) is 4. The highest BCUT2D eigenvalue weighted by atomic mass is 35.5. The van der Waals surface area contributed by atoms with Crippen LogP contribution < -0.4 is 5.32 Å². The van der Waals surface area contributed by atoms with Crippen LogP contribution in [-0.4, -0.2) is 18.5 Å². The first-order chi connectivity index (χ1) is 13.2. The molecular weight excluding hydrogens is 399 g/mol. The van der Waals surface area contributed by atoms with Gasteiger partial charge in [0.05, 0.1) is 16.3 Å². The van der Waals surface area contributed by atoms with Crippen molar-refractivity contribution in [1.82, 2.24) is 0 Å². The van der Waals surface area contributed by atoms with E-state index in [1.165, 1.54) is 6.07 Å². The third-order valence-electron chi connectivity index (χ3n) is 3.95. The minimum atomic E-state index is -4.71. The maximum absolute atomic E-state index is 13.1. The standard InChI is InChI=1S/C19H13ClF3NO4/c1-10-11-5-2-3-8-14(11)28-17(10)18(26)27-9-15(25)24-16-12(19(21,22)23)6-4-7-13(16)20/h2-8H,9H2,1H3,(H,24,25). The number of aryl methyl sites for hydroxylation is 1. The van der Waals surface area contributed by atoms with Gasteiger partial charge in [0.1, 0.15) is 5.58 Å². The molecule has 1 amide bonds. The molecule has 0 saturated heterocycles. The van der Waals surface area contributed by atoms with E-state index >= 15 is 0 Å². The van der Waals surface area contributed by atoms with Crippen LogP contribution in [0.15, 0.2) is 46.9 Å². The Bertz CT molecular complexity index is 1060. The molecule has 0 aliphatic heterocycles. The lowest BCUT2D eigenvalue weighted by Gasteiger charge is -2.15. The molecule has 0 atom stereocenters. The summed E-state index contributed by atoms with van der Waals surface area (Å²) in [5.41, 5.74) is -0.695. The Labute approximate surface area is 162 Å². The van der Waals surface area contributed by atoms with Crippen LogP contribution >= 0.6 is 11.6 Å². The van der Waals surface area contributed by atoms with Crippen molar-refractivity contribution in [2.75, 3.05) is 11.9 Å². The second kappa shape index (κ2) is 7.55.